The molecule has 0 saturated carbocycles. The number of nitrogens with two attached hydrogens (primary N) is 1. The van der Waals surface area contributed by atoms with E-state index in [4.69, 9.17) is 5.73 Å². The molecule has 0 aromatic carbocycles. The highest BCUT2D eigenvalue weighted by Crippen LogP contribution is 2.33. The monoisotopic (exact) mass is 257 g/mol. The zero-order valence-corrected chi connectivity index (χ0v) is 8.06. The van der Waals surface area contributed by atoms with Crippen molar-refractivity contribution in [3.63, 3.8) is 0 Å². The molecule has 0 spiro atoms. The first-order valence-electron chi connectivity index (χ1n) is 3.45. The molecule has 0 aliphatic heterocycles. The van der Waals surface area contributed by atoms with E-state index in [1.165, 1.54) is 6.20 Å². The number of alkyl halides is 3. The molecule has 1 rings (SSSR count). The fourth-order valence-corrected chi connectivity index (χ4v) is 1.38. The normalized spacial score (nSPS) is 12.1. The summed E-state index contributed by atoms with van der Waals surface area (Å²) in [7, 11) is 0. The number of hydrogen-bond donors (Lipinski definition) is 1. The van der Waals surface area contributed by atoms with E-state index in [0.29, 0.717) is 0 Å². The summed E-state index contributed by atoms with van der Waals surface area (Å²) in [6.45, 7) is 0.528. The highest BCUT2D eigenvalue weighted by Gasteiger charge is 2.36. The number of halogens is 4. The number of rotatable bonds is 2. The molecule has 0 atom stereocenters. The van der Waals surface area contributed by atoms with Gasteiger partial charge in [0, 0.05) is 12.7 Å². The average molecular weight is 258 g/mol. The Morgan fingerprint density at radius 3 is 2.54 bits per heavy atom. The van der Waals surface area contributed by atoms with Crippen LogP contribution in [0.3, 0.4) is 0 Å². The molecule has 7 heteroatoms. The Labute approximate surface area is 80.8 Å². The van der Waals surface area contributed by atoms with Crippen molar-refractivity contribution < 1.29 is 13.2 Å². The first kappa shape index (κ1) is 10.5. The molecule has 0 fully saturated rings. The Morgan fingerprint density at radius 2 is 2.15 bits per heavy atom. The van der Waals surface area contributed by atoms with Crippen molar-refractivity contribution in [1.82, 2.24) is 9.78 Å². The van der Waals surface area contributed by atoms with Crippen LogP contribution in [0.1, 0.15) is 5.69 Å². The maximum absolute atomic E-state index is 12.2. The highest BCUT2D eigenvalue weighted by molar-refractivity contribution is 9.10. The van der Waals surface area contributed by atoms with E-state index in [9.17, 15) is 13.2 Å². The molecule has 0 unspecified atom stereocenters. The van der Waals surface area contributed by atoms with Gasteiger partial charge in [0.05, 0.1) is 11.0 Å². The molecule has 74 valence electrons. The first-order valence-corrected chi connectivity index (χ1v) is 4.24. The maximum Gasteiger partial charge on any atom is 0.436 e. The zero-order chi connectivity index (χ0) is 10.1. The van der Waals surface area contributed by atoms with Crippen molar-refractivity contribution in [2.24, 2.45) is 5.73 Å². The zero-order valence-electron chi connectivity index (χ0n) is 6.48. The second-order valence-electron chi connectivity index (χ2n) is 2.38. The predicted molar refractivity (Wildman–Crippen MR) is 44.0 cm³/mol. The van der Waals surface area contributed by atoms with Crippen LogP contribution in [-0.4, -0.2) is 16.3 Å². The van der Waals surface area contributed by atoms with E-state index in [1.54, 1.807) is 0 Å². The molecule has 2 N–H and O–H groups in total. The van der Waals surface area contributed by atoms with Gasteiger partial charge in [-0.3, -0.25) is 4.68 Å². The van der Waals surface area contributed by atoms with Crippen LogP contribution in [0.2, 0.25) is 0 Å². The number of hydrogen-bond acceptors (Lipinski definition) is 2. The molecule has 1 aromatic rings. The third kappa shape index (κ3) is 2.44. The third-order valence-corrected chi connectivity index (χ3v) is 1.92. The summed E-state index contributed by atoms with van der Waals surface area (Å²) in [5, 5.41) is 3.34. The van der Waals surface area contributed by atoms with Gasteiger partial charge in [0.1, 0.15) is 0 Å². The SMILES string of the molecule is NCCn1cc(Br)c(C(F)(F)F)n1. The van der Waals surface area contributed by atoms with Crippen molar-refractivity contribution in [3.05, 3.63) is 16.4 Å². The molecule has 1 aromatic heterocycles. The van der Waals surface area contributed by atoms with E-state index < -0.39 is 11.9 Å². The molecule has 0 radical (unpaired) electrons. The minimum atomic E-state index is -4.42. The Morgan fingerprint density at radius 1 is 1.54 bits per heavy atom. The Bertz CT molecular complexity index is 294. The van der Waals surface area contributed by atoms with Gasteiger partial charge in [0.25, 0.3) is 0 Å². The lowest BCUT2D eigenvalue weighted by Crippen LogP contribution is -2.12. The van der Waals surface area contributed by atoms with Gasteiger partial charge in [0.15, 0.2) is 5.69 Å². The van der Waals surface area contributed by atoms with Crippen LogP contribution in [0, 0.1) is 0 Å². The van der Waals surface area contributed by atoms with E-state index in [1.807, 2.05) is 0 Å². The molecule has 13 heavy (non-hydrogen) atoms. The van der Waals surface area contributed by atoms with Gasteiger partial charge >= 0.3 is 6.18 Å². The molecular formula is C6H7BrF3N3. The van der Waals surface area contributed by atoms with Gasteiger partial charge in [-0.15, -0.1) is 0 Å². The lowest BCUT2D eigenvalue weighted by molar-refractivity contribution is -0.142. The van der Waals surface area contributed by atoms with Gasteiger partial charge in [-0.25, -0.2) is 0 Å². The van der Waals surface area contributed by atoms with Gasteiger partial charge in [-0.05, 0) is 15.9 Å². The maximum atomic E-state index is 12.2. The fraction of sp³-hybridized carbons (Fsp3) is 0.500. The first-order chi connectivity index (χ1) is 5.95. The van der Waals surface area contributed by atoms with Crippen LogP contribution in [0.4, 0.5) is 13.2 Å². The third-order valence-electron chi connectivity index (χ3n) is 1.34. The van der Waals surface area contributed by atoms with Crippen molar-refractivity contribution in [3.8, 4) is 0 Å². The van der Waals surface area contributed by atoms with Crippen molar-refractivity contribution in [2.45, 2.75) is 12.7 Å². The quantitative estimate of drug-likeness (QED) is 0.875. The predicted octanol–water partition coefficient (Wildman–Crippen LogP) is 1.62. The summed E-state index contributed by atoms with van der Waals surface area (Å²) < 4.78 is 37.6. The van der Waals surface area contributed by atoms with E-state index >= 15 is 0 Å². The molecule has 0 bridgehead atoms. The molecule has 0 amide bonds. The molecule has 1 heterocycles. The van der Waals surface area contributed by atoms with Crippen molar-refractivity contribution >= 4 is 15.9 Å². The second-order valence-corrected chi connectivity index (χ2v) is 3.23. The van der Waals surface area contributed by atoms with Crippen LogP contribution in [0.5, 0.6) is 0 Å². The summed E-state index contributed by atoms with van der Waals surface area (Å²) >= 11 is 2.78. The summed E-state index contributed by atoms with van der Waals surface area (Å²) in [5.41, 5.74) is 4.26. The van der Waals surface area contributed by atoms with Crippen LogP contribution in [0.25, 0.3) is 0 Å². The van der Waals surface area contributed by atoms with Gasteiger partial charge < -0.3 is 5.73 Å². The van der Waals surface area contributed by atoms with Gasteiger partial charge in [-0.1, -0.05) is 0 Å². The Balaban J connectivity index is 2.96. The standard InChI is InChI=1S/C6H7BrF3N3/c7-4-3-13(2-1-11)12-5(4)6(8,9)10/h3H,1-2,11H2. The highest BCUT2D eigenvalue weighted by atomic mass is 79.9. The van der Waals surface area contributed by atoms with Crippen molar-refractivity contribution in [1.29, 1.82) is 0 Å². The summed E-state index contributed by atoms with van der Waals surface area (Å²) in [6.07, 6.45) is -3.16. The lowest BCUT2D eigenvalue weighted by Gasteiger charge is -2.01. The Kier molecular flexibility index (Phi) is 2.97. The average Bonchev–Trinajstić information content (AvgIpc) is 2.30. The molecule has 0 aliphatic carbocycles. The topological polar surface area (TPSA) is 43.8 Å². The van der Waals surface area contributed by atoms with Crippen LogP contribution >= 0.6 is 15.9 Å². The molecule has 0 saturated heterocycles. The summed E-state index contributed by atoms with van der Waals surface area (Å²) in [4.78, 5) is 0. The molecular weight excluding hydrogens is 251 g/mol. The largest absolute Gasteiger partial charge is 0.436 e. The lowest BCUT2D eigenvalue weighted by atomic mass is 10.4. The van der Waals surface area contributed by atoms with Crippen LogP contribution < -0.4 is 5.73 Å². The molecule has 3 nitrogen and oxygen atoms in total. The van der Waals surface area contributed by atoms with Gasteiger partial charge in [-0.2, -0.15) is 18.3 Å². The van der Waals surface area contributed by atoms with Crippen LogP contribution in [0.15, 0.2) is 10.7 Å². The van der Waals surface area contributed by atoms with E-state index in [0.717, 1.165) is 4.68 Å². The van der Waals surface area contributed by atoms with E-state index in [-0.39, 0.29) is 17.6 Å². The molecule has 0 aliphatic rings. The summed E-state index contributed by atoms with van der Waals surface area (Å²) in [5.74, 6) is 0. The minimum absolute atomic E-state index is 0.0616. The number of aromatic nitrogens is 2. The van der Waals surface area contributed by atoms with Crippen LogP contribution in [-0.2, 0) is 12.7 Å². The second kappa shape index (κ2) is 3.67. The fourth-order valence-electron chi connectivity index (χ4n) is 0.836. The van der Waals surface area contributed by atoms with Crippen molar-refractivity contribution in [2.75, 3.05) is 6.54 Å². The Hall–Kier alpha value is -0.560. The minimum Gasteiger partial charge on any atom is -0.329 e. The smallest absolute Gasteiger partial charge is 0.329 e. The summed E-state index contributed by atoms with van der Waals surface area (Å²) in [6, 6.07) is 0. The number of nitrogens with zero attached hydrogens (tertiary/aromatic N) is 2. The van der Waals surface area contributed by atoms with E-state index in [2.05, 4.69) is 21.0 Å². The van der Waals surface area contributed by atoms with Gasteiger partial charge in [0.2, 0.25) is 0 Å².